The van der Waals surface area contributed by atoms with Crippen molar-refractivity contribution in [2.24, 2.45) is 107 Å². The van der Waals surface area contributed by atoms with Gasteiger partial charge in [-0.2, -0.15) is 0 Å². The molecule has 16 aliphatic rings. The average Bonchev–Trinajstić information content (AvgIpc) is 1.47. The number of nitrogens with zero attached hydrogens (tertiary/aromatic N) is 5. The number of ether oxygens (including phenoxy) is 8. The molecular formula is C76H124N6O13. The van der Waals surface area contributed by atoms with Gasteiger partial charge in [0.05, 0.1) is 137 Å². The maximum Gasteiger partial charge on any atom is 0.217 e. The van der Waals surface area contributed by atoms with Crippen LogP contribution in [0.1, 0.15) is 207 Å². The molecule has 4 spiro atoms. The van der Waals surface area contributed by atoms with Gasteiger partial charge in [0.25, 0.3) is 0 Å². The van der Waals surface area contributed by atoms with E-state index in [0.717, 1.165) is 117 Å². The summed E-state index contributed by atoms with van der Waals surface area (Å²) in [6.07, 6.45) is 15.5. The molecule has 95 heavy (non-hydrogen) atoms. The first kappa shape index (κ1) is 69.0. The fourth-order valence-electron chi connectivity index (χ4n) is 28.5. The number of azide groups is 1. The number of hydrogen-bond acceptors (Lipinski definition) is 16. The lowest BCUT2D eigenvalue weighted by Crippen LogP contribution is -2.60. The Hall–Kier alpha value is -1.78. The summed E-state index contributed by atoms with van der Waals surface area (Å²) in [6, 6.07) is -0.211. The topological polar surface area (TPSA) is 239 Å². The van der Waals surface area contributed by atoms with Gasteiger partial charge in [-0.1, -0.05) is 74.4 Å². The summed E-state index contributed by atoms with van der Waals surface area (Å²) < 4.78 is 50.9. The van der Waals surface area contributed by atoms with Crippen LogP contribution in [0.4, 0.5) is 0 Å². The number of fused-ring (bicyclic) bond motifs is 8. The molecule has 0 bridgehead atoms. The second kappa shape index (κ2) is 23.1. The summed E-state index contributed by atoms with van der Waals surface area (Å²) in [6.45, 7) is 41.0. The molecule has 19 heteroatoms. The van der Waals surface area contributed by atoms with Crippen LogP contribution in [0.15, 0.2) is 5.11 Å². The lowest BCUT2D eigenvalue weighted by atomic mass is 9.41. The van der Waals surface area contributed by atoms with E-state index in [4.69, 9.17) is 37.9 Å². The minimum absolute atomic E-state index is 0.0300. The number of amides is 1. The van der Waals surface area contributed by atoms with Crippen molar-refractivity contribution in [3.63, 3.8) is 0 Å². The van der Waals surface area contributed by atoms with Crippen LogP contribution in [0.5, 0.6) is 0 Å². The molecule has 0 aromatic rings. The first-order chi connectivity index (χ1) is 44.6. The van der Waals surface area contributed by atoms with Gasteiger partial charge in [0.2, 0.25) is 5.91 Å². The highest BCUT2D eigenvalue weighted by atomic mass is 16.7. The molecule has 6 saturated heterocycles. The van der Waals surface area contributed by atoms with Gasteiger partial charge >= 0.3 is 0 Å². The van der Waals surface area contributed by atoms with Crippen LogP contribution < -0.4 is 5.32 Å². The number of carbonyl (C=O) groups is 1. The van der Waals surface area contributed by atoms with Gasteiger partial charge in [-0.05, 0) is 227 Å². The fourth-order valence-corrected chi connectivity index (χ4v) is 28.5. The van der Waals surface area contributed by atoms with Crippen LogP contribution in [0.25, 0.3) is 10.4 Å². The Morgan fingerprint density at radius 3 is 1.40 bits per heavy atom. The molecule has 19 nitrogen and oxygen atoms in total. The Bertz CT molecular complexity index is 2970. The second-order valence-corrected chi connectivity index (χ2v) is 38.5. The molecule has 6 aliphatic heterocycles. The molecule has 0 aromatic heterocycles. The van der Waals surface area contributed by atoms with Gasteiger partial charge in [0, 0.05) is 35.8 Å². The maximum atomic E-state index is 12.6. The zero-order chi connectivity index (χ0) is 67.6. The van der Waals surface area contributed by atoms with E-state index >= 15 is 0 Å². The summed E-state index contributed by atoms with van der Waals surface area (Å²) in [4.78, 5) is 20.3. The third-order valence-corrected chi connectivity index (χ3v) is 33.3. The Balaban J connectivity index is 0.000000156. The molecule has 10 saturated carbocycles. The Labute approximate surface area is 567 Å². The Morgan fingerprint density at radius 1 is 0.600 bits per heavy atom. The van der Waals surface area contributed by atoms with Crippen LogP contribution in [-0.2, 0) is 42.7 Å². The van der Waals surface area contributed by atoms with Crippen molar-refractivity contribution in [1.29, 1.82) is 0 Å². The summed E-state index contributed by atoms with van der Waals surface area (Å²) in [5, 5.41) is 54.2. The number of rotatable bonds is 12. The number of nitrogens with one attached hydrogen (secondary N) is 1. The van der Waals surface area contributed by atoms with Crippen LogP contribution in [0.2, 0.25) is 0 Å². The molecule has 0 aromatic carbocycles. The monoisotopic (exact) mass is 1330 g/mol. The van der Waals surface area contributed by atoms with Gasteiger partial charge in [0.1, 0.15) is 0 Å². The smallest absolute Gasteiger partial charge is 0.217 e. The molecule has 536 valence electrons. The van der Waals surface area contributed by atoms with E-state index in [9.17, 15) is 30.8 Å². The minimum Gasteiger partial charge on any atom is -0.390 e. The van der Waals surface area contributed by atoms with Crippen molar-refractivity contribution in [2.75, 3.05) is 65.8 Å². The van der Waals surface area contributed by atoms with Crippen molar-refractivity contribution in [3.8, 4) is 0 Å². The molecule has 16 fully saturated rings. The highest BCUT2D eigenvalue weighted by Gasteiger charge is 2.87. The van der Waals surface area contributed by atoms with E-state index in [0.29, 0.717) is 58.4 Å². The largest absolute Gasteiger partial charge is 0.390 e. The molecular weight excluding hydrogens is 1200 g/mol. The van der Waals surface area contributed by atoms with Gasteiger partial charge in [-0.15, -0.1) is 0 Å². The van der Waals surface area contributed by atoms with Crippen LogP contribution in [0, 0.1) is 101 Å². The molecule has 10 aliphatic carbocycles. The molecule has 28 atom stereocenters. The number of aliphatic hydroxyl groups excluding tert-OH is 2. The van der Waals surface area contributed by atoms with E-state index in [2.05, 4.69) is 94.4 Å². The third kappa shape index (κ3) is 9.77. The predicted molar refractivity (Wildman–Crippen MR) is 357 cm³/mol. The lowest BCUT2D eigenvalue weighted by Gasteiger charge is -2.64. The average molecular weight is 1330 g/mol. The van der Waals surface area contributed by atoms with Crippen molar-refractivity contribution in [3.05, 3.63) is 10.4 Å². The zero-order valence-electron chi connectivity index (χ0n) is 60.8. The first-order valence-electron chi connectivity index (χ1n) is 38.2. The molecule has 5 N–H and O–H groups in total. The standard InChI is InChI=1S/C39H64N2O7.C37H60N4O6/c1-22-17-25(32(35(5,6)44)40-23(2)42)47-31-30(22)36(7)13-14-39-21-38(39)12-11-28(48-29-18-41(15-16-46-29)24-19-45-20-24)34(3,4)26(38)9-10-27(39)37(36,8)33(31)43;1-21-16-23(30(39-40-38)33(4,5)43)46-29-28(21)34(6)12-13-37-20-36(37)11-10-26(47-27-17-41(14-15-45-27)22-18-44-19-22)32(2,3)24(36)8-9-25(37)35(34,7)31(29)42/h22,24-33,43-44H,9-21H2,1-8H3,(H,40,42);21-31,42-43H,8-20H2,1-7H3/t22-,25-,26+,27+,28?,29+,30+,31+,32+,33+,36-,37-,38-,39+;21-,23-,24+,25+,26?,27+,28+,29+,30+,31+,34-,35-,36-,37+/m11/s1. The highest BCUT2D eigenvalue weighted by molar-refractivity contribution is 5.73. The van der Waals surface area contributed by atoms with E-state index in [1.165, 1.54) is 58.3 Å². The van der Waals surface area contributed by atoms with Crippen molar-refractivity contribution < 1.29 is 63.1 Å². The lowest BCUT2D eigenvalue weighted by molar-refractivity contribution is -0.256. The number of aliphatic hydroxyl groups is 4. The number of morpholine rings is 2. The molecule has 0 radical (unpaired) electrons. The second-order valence-electron chi connectivity index (χ2n) is 38.5. The summed E-state index contributed by atoms with van der Waals surface area (Å²) >= 11 is 0. The third-order valence-electron chi connectivity index (χ3n) is 33.3. The Kier molecular flexibility index (Phi) is 16.8. The highest BCUT2D eigenvalue weighted by Crippen LogP contribution is 2.91. The maximum absolute atomic E-state index is 12.6. The molecule has 16 rings (SSSR count). The first-order valence-corrected chi connectivity index (χ1v) is 38.2. The molecule has 6 heterocycles. The van der Waals surface area contributed by atoms with E-state index in [1.54, 1.807) is 27.7 Å². The minimum atomic E-state index is -1.21. The molecule has 2 unspecified atom stereocenters. The SMILES string of the molecule is CC(=O)N[C@@H]([C@H]1C[C@@H](C)[C@H]2[C@H](O1)[C@H](O)[C@@]1(C)[C@@H]3CC[C@H]4C(C)(C)C(O[C@H]5CN(C6COC6)CCO5)CC[C@@]45C[C@@]35CC[C@]21C)C(C)(C)O.C[C@@H]1C[C@H]([C@H](N=[N+]=[N-])C(C)(C)O)O[C@H]2[C@H]1[C@@]1(C)CC[C@@]34C[C@@]35CCC(O[C@H]3CN(C6COC6)CCO3)C(C)(C)[C@@H]5CC[C@H]4[C@]1(C)[C@H]2O. The van der Waals surface area contributed by atoms with Crippen LogP contribution in [-0.4, -0.2) is 199 Å². The molecule has 1 amide bonds. The fraction of sp³-hybridized carbons (Fsp3) is 0.987. The summed E-state index contributed by atoms with van der Waals surface area (Å²) in [7, 11) is 0. The number of carbonyl (C=O) groups excluding carboxylic acids is 1. The van der Waals surface area contributed by atoms with E-state index in [-0.39, 0.29) is 104 Å². The summed E-state index contributed by atoms with van der Waals surface area (Å²) in [5.74, 6) is 3.05. The van der Waals surface area contributed by atoms with Gasteiger partial charge in [0.15, 0.2) is 12.6 Å². The Morgan fingerprint density at radius 2 is 1.01 bits per heavy atom. The van der Waals surface area contributed by atoms with Crippen molar-refractivity contribution >= 4 is 5.91 Å². The van der Waals surface area contributed by atoms with Crippen LogP contribution >= 0.6 is 0 Å². The van der Waals surface area contributed by atoms with Crippen molar-refractivity contribution in [2.45, 2.75) is 303 Å². The van der Waals surface area contributed by atoms with Gasteiger partial charge in [-0.25, -0.2) is 0 Å². The zero-order valence-corrected chi connectivity index (χ0v) is 60.8. The van der Waals surface area contributed by atoms with Crippen LogP contribution in [0.3, 0.4) is 0 Å². The van der Waals surface area contributed by atoms with Gasteiger partial charge < -0.3 is 63.6 Å². The number of hydrogen-bond donors (Lipinski definition) is 5. The van der Waals surface area contributed by atoms with Gasteiger partial charge in [-0.3, -0.25) is 14.6 Å². The van der Waals surface area contributed by atoms with E-state index < -0.39 is 41.6 Å². The van der Waals surface area contributed by atoms with E-state index in [1.807, 2.05) is 0 Å². The summed E-state index contributed by atoms with van der Waals surface area (Å²) in [5.41, 5.74) is 7.72. The normalized spacial score (nSPS) is 52.5. The van der Waals surface area contributed by atoms with Crippen molar-refractivity contribution in [1.82, 2.24) is 15.1 Å². The predicted octanol–water partition coefficient (Wildman–Crippen LogP) is 10.2. The quantitative estimate of drug-likeness (QED) is 0.0694.